The highest BCUT2D eigenvalue weighted by Gasteiger charge is 2.41. The van der Waals surface area contributed by atoms with E-state index in [2.05, 4.69) is 26.6 Å². The van der Waals surface area contributed by atoms with Gasteiger partial charge in [0.05, 0.1) is 12.5 Å². The van der Waals surface area contributed by atoms with Gasteiger partial charge in [0.25, 0.3) is 0 Å². The number of nitrogens with two attached hydrogens (primary N) is 3. The minimum atomic E-state index is -1.70. The number of hydrogen-bond acceptors (Lipinski definition) is 12. The number of carbonyl (C=O) groups is 11. The number of carboxylic acid groups (broad SMARTS) is 2. The molecule has 0 bridgehead atoms. The third-order valence-electron chi connectivity index (χ3n) is 9.75. The molecule has 0 aromatic rings. The monoisotopic (exact) mass is 838 g/mol. The smallest absolute Gasteiger partial charge is 0.326 e. The Morgan fingerprint density at radius 3 is 1.56 bits per heavy atom. The maximum Gasteiger partial charge on any atom is 0.326 e. The van der Waals surface area contributed by atoms with Gasteiger partial charge in [-0.05, 0) is 64.7 Å². The molecular weight excluding hydrogens is 780 g/mol. The average molecular weight is 839 g/mol. The highest BCUT2D eigenvalue weighted by Crippen LogP contribution is 2.21. The molecule has 2 aliphatic heterocycles. The zero-order chi connectivity index (χ0) is 44.7. The second-order valence-corrected chi connectivity index (χ2v) is 15.2. The summed E-state index contributed by atoms with van der Waals surface area (Å²) in [5.41, 5.74) is 16.4. The number of rotatable bonds is 23. The molecule has 0 saturated carbocycles. The SMILES string of the molecule is CC(C)C[C@H](NC(=O)[C@H](CCC(=O)O)NC(=O)[C@@H]1CCCN1C(=O)[C@H](CC(N)=O)NC(=O)[C@H](CCC(N)=O)NC(=O)[C@H](C)NC(=O)[C@@H]1CCCN1C(=O)[C@H](C)N)C(=O)O. The lowest BCUT2D eigenvalue weighted by Crippen LogP contribution is -2.60. The minimum absolute atomic E-state index is 0.0404. The van der Waals surface area contributed by atoms with Gasteiger partial charge in [0.15, 0.2) is 0 Å². The molecule has 0 unspecified atom stereocenters. The van der Waals surface area contributed by atoms with E-state index in [1.54, 1.807) is 13.8 Å². The minimum Gasteiger partial charge on any atom is -0.481 e. The van der Waals surface area contributed by atoms with Crippen molar-refractivity contribution in [2.75, 3.05) is 13.1 Å². The Bertz CT molecular complexity index is 1620. The molecule has 23 heteroatoms. The molecule has 8 atom stereocenters. The Kier molecular flexibility index (Phi) is 19.1. The van der Waals surface area contributed by atoms with Crippen LogP contribution < -0.4 is 43.8 Å². The highest BCUT2D eigenvalue weighted by atomic mass is 16.4. The zero-order valence-electron chi connectivity index (χ0n) is 33.7. The van der Waals surface area contributed by atoms with Crippen LogP contribution in [0.3, 0.4) is 0 Å². The normalized spacial score (nSPS) is 19.3. The second kappa shape index (κ2) is 22.9. The van der Waals surface area contributed by atoms with E-state index in [4.69, 9.17) is 17.2 Å². The summed E-state index contributed by atoms with van der Waals surface area (Å²) < 4.78 is 0. The van der Waals surface area contributed by atoms with Crippen LogP contribution in [-0.2, 0) is 52.7 Å². The number of carbonyl (C=O) groups excluding carboxylic acids is 9. The van der Waals surface area contributed by atoms with Crippen LogP contribution in [0, 0.1) is 5.92 Å². The van der Waals surface area contributed by atoms with Gasteiger partial charge in [-0.25, -0.2) is 4.79 Å². The van der Waals surface area contributed by atoms with Crippen molar-refractivity contribution < 1.29 is 63.0 Å². The van der Waals surface area contributed by atoms with Crippen molar-refractivity contribution in [2.45, 2.75) is 140 Å². The van der Waals surface area contributed by atoms with E-state index in [9.17, 15) is 63.0 Å². The quantitative estimate of drug-likeness (QED) is 0.0468. The summed E-state index contributed by atoms with van der Waals surface area (Å²) in [5.74, 6) is -10.5. The van der Waals surface area contributed by atoms with E-state index in [0.717, 1.165) is 4.90 Å². The number of amides is 9. The van der Waals surface area contributed by atoms with Gasteiger partial charge in [-0.1, -0.05) is 13.8 Å². The molecule has 2 heterocycles. The van der Waals surface area contributed by atoms with Gasteiger partial charge in [-0.15, -0.1) is 0 Å². The van der Waals surface area contributed by atoms with E-state index < -0.39 is 139 Å². The van der Waals surface area contributed by atoms with Gasteiger partial charge in [-0.2, -0.15) is 0 Å². The largest absolute Gasteiger partial charge is 0.481 e. The number of nitrogens with zero attached hydrogens (tertiary/aromatic N) is 2. The predicted octanol–water partition coefficient (Wildman–Crippen LogP) is -4.10. The van der Waals surface area contributed by atoms with Crippen molar-refractivity contribution in [3.8, 4) is 0 Å². The van der Waals surface area contributed by atoms with Crippen LogP contribution in [0.4, 0.5) is 0 Å². The van der Waals surface area contributed by atoms with Crippen molar-refractivity contribution in [3.63, 3.8) is 0 Å². The summed E-state index contributed by atoms with van der Waals surface area (Å²) in [4.78, 5) is 142. The zero-order valence-corrected chi connectivity index (χ0v) is 33.7. The topological polar surface area (TPSA) is 373 Å². The van der Waals surface area contributed by atoms with E-state index in [1.807, 2.05) is 0 Å². The molecule has 13 N–H and O–H groups in total. The Balaban J connectivity index is 2.25. The highest BCUT2D eigenvalue weighted by molar-refractivity contribution is 5.99. The fourth-order valence-electron chi connectivity index (χ4n) is 6.74. The summed E-state index contributed by atoms with van der Waals surface area (Å²) in [6, 6.07) is -10.4. The number of primary amides is 2. The van der Waals surface area contributed by atoms with Gasteiger partial charge in [0, 0.05) is 25.9 Å². The number of hydrogen-bond donors (Lipinski definition) is 10. The lowest BCUT2D eigenvalue weighted by Gasteiger charge is -2.30. The van der Waals surface area contributed by atoms with Gasteiger partial charge >= 0.3 is 11.9 Å². The fourth-order valence-corrected chi connectivity index (χ4v) is 6.74. The molecule has 0 spiro atoms. The van der Waals surface area contributed by atoms with Gasteiger partial charge in [0.2, 0.25) is 53.2 Å². The molecule has 2 aliphatic rings. The van der Waals surface area contributed by atoms with Crippen LogP contribution >= 0.6 is 0 Å². The van der Waals surface area contributed by atoms with Gasteiger partial charge in [0.1, 0.15) is 42.3 Å². The van der Waals surface area contributed by atoms with Crippen molar-refractivity contribution in [1.82, 2.24) is 36.4 Å². The number of carboxylic acids is 2. The molecule has 23 nitrogen and oxygen atoms in total. The molecule has 0 radical (unpaired) electrons. The summed E-state index contributed by atoms with van der Waals surface area (Å²) in [7, 11) is 0. The standard InChI is InChI=1S/C36H58N10O13/c1-17(2)15-23(36(58)59)44-31(53)21(10-12-28(49)50)42-33(55)25-8-6-14-46(25)35(57)22(16-27(39)48)43-30(52)20(9-11-26(38)47)41-29(51)19(4)40-32(54)24-7-5-13-45(24)34(56)18(3)37/h17-25H,5-16,37H2,1-4H3,(H2,38,47)(H2,39,48)(H,40,54)(H,41,51)(H,42,55)(H,43,52)(H,44,53)(H,49,50)(H,58,59)/t18-,19-,20-,21-,22-,23-,24-,25-/m0/s1. The van der Waals surface area contributed by atoms with Gasteiger partial charge < -0.3 is 63.8 Å². The average Bonchev–Trinajstić information content (AvgIpc) is 3.84. The number of aliphatic carboxylic acids is 2. The molecule has 0 aliphatic carbocycles. The third-order valence-corrected chi connectivity index (χ3v) is 9.75. The van der Waals surface area contributed by atoms with E-state index in [0.29, 0.717) is 19.4 Å². The Morgan fingerprint density at radius 2 is 1.08 bits per heavy atom. The van der Waals surface area contributed by atoms with Crippen molar-refractivity contribution >= 4 is 65.1 Å². The lowest BCUT2D eigenvalue weighted by molar-refractivity contribution is -0.144. The molecule has 2 saturated heterocycles. The first-order chi connectivity index (χ1) is 27.5. The van der Waals surface area contributed by atoms with Crippen molar-refractivity contribution in [1.29, 1.82) is 0 Å². The fraction of sp³-hybridized carbons (Fsp3) is 0.694. The summed E-state index contributed by atoms with van der Waals surface area (Å²) >= 11 is 0. The van der Waals surface area contributed by atoms with Crippen LogP contribution in [-0.4, -0.2) is 147 Å². The Labute approximate surface area is 340 Å². The molecular formula is C36H58N10O13. The second-order valence-electron chi connectivity index (χ2n) is 15.2. The van der Waals surface area contributed by atoms with E-state index >= 15 is 0 Å². The Morgan fingerprint density at radius 1 is 0.610 bits per heavy atom. The first kappa shape index (κ1) is 49.3. The van der Waals surface area contributed by atoms with Crippen LogP contribution in [0.1, 0.15) is 91.9 Å². The van der Waals surface area contributed by atoms with Crippen molar-refractivity contribution in [3.05, 3.63) is 0 Å². The molecule has 59 heavy (non-hydrogen) atoms. The molecule has 0 aromatic carbocycles. The maximum absolute atomic E-state index is 13.9. The van der Waals surface area contributed by atoms with Crippen LogP contribution in [0.15, 0.2) is 0 Å². The summed E-state index contributed by atoms with van der Waals surface area (Å²) in [6.45, 7) is 6.48. The van der Waals surface area contributed by atoms with Crippen molar-refractivity contribution in [2.24, 2.45) is 23.1 Å². The predicted molar refractivity (Wildman–Crippen MR) is 205 cm³/mol. The summed E-state index contributed by atoms with van der Waals surface area (Å²) in [6.07, 6.45) is -1.37. The van der Waals surface area contributed by atoms with Crippen LogP contribution in [0.5, 0.6) is 0 Å². The van der Waals surface area contributed by atoms with Gasteiger partial charge in [-0.3, -0.25) is 47.9 Å². The lowest BCUT2D eigenvalue weighted by atomic mass is 10.0. The molecule has 0 aromatic heterocycles. The van der Waals surface area contributed by atoms with E-state index in [-0.39, 0.29) is 38.1 Å². The first-order valence-electron chi connectivity index (χ1n) is 19.4. The first-order valence-corrected chi connectivity index (χ1v) is 19.4. The summed E-state index contributed by atoms with van der Waals surface area (Å²) in [5, 5.41) is 30.8. The van der Waals surface area contributed by atoms with Crippen LogP contribution in [0.2, 0.25) is 0 Å². The molecule has 2 fully saturated rings. The molecule has 2 rings (SSSR count). The van der Waals surface area contributed by atoms with Crippen LogP contribution in [0.25, 0.3) is 0 Å². The Hall–Kier alpha value is -5.87. The maximum atomic E-state index is 13.9. The van der Waals surface area contributed by atoms with E-state index in [1.165, 1.54) is 18.7 Å². The third kappa shape index (κ3) is 15.4. The molecule has 9 amide bonds. The molecule has 330 valence electrons. The number of nitrogens with one attached hydrogen (secondary N) is 5. The number of likely N-dealkylation sites (tertiary alicyclic amines) is 2.